The molecule has 2 aromatic carbocycles. The molecular formula is C20H23N3O. The highest BCUT2D eigenvalue weighted by atomic mass is 16.1. The predicted molar refractivity (Wildman–Crippen MR) is 97.1 cm³/mol. The van der Waals surface area contributed by atoms with Crippen molar-refractivity contribution in [2.24, 2.45) is 0 Å². The van der Waals surface area contributed by atoms with E-state index in [-0.39, 0.29) is 5.91 Å². The Morgan fingerprint density at radius 1 is 1.08 bits per heavy atom. The molecule has 1 aromatic heterocycles. The summed E-state index contributed by atoms with van der Waals surface area (Å²) in [4.78, 5) is 16.9. The van der Waals surface area contributed by atoms with Crippen LogP contribution in [0.4, 0.5) is 0 Å². The van der Waals surface area contributed by atoms with Crippen LogP contribution in [0.5, 0.6) is 0 Å². The number of aromatic nitrogens is 2. The molecule has 4 heteroatoms. The van der Waals surface area contributed by atoms with Gasteiger partial charge in [0.1, 0.15) is 5.82 Å². The number of carbonyl (C=O) groups excluding carboxylic acids is 1. The van der Waals surface area contributed by atoms with Crippen LogP contribution >= 0.6 is 0 Å². The molecule has 0 aliphatic heterocycles. The maximum atomic E-state index is 12.1. The fourth-order valence-electron chi connectivity index (χ4n) is 2.86. The fourth-order valence-corrected chi connectivity index (χ4v) is 2.86. The Morgan fingerprint density at radius 3 is 2.62 bits per heavy atom. The minimum Gasteiger partial charge on any atom is -0.352 e. The zero-order valence-corrected chi connectivity index (χ0v) is 14.0. The molecule has 0 saturated carbocycles. The van der Waals surface area contributed by atoms with Crippen LogP contribution in [0.2, 0.25) is 0 Å². The molecule has 0 fully saturated rings. The van der Waals surface area contributed by atoms with Gasteiger partial charge in [0.05, 0.1) is 11.0 Å². The highest BCUT2D eigenvalue weighted by Crippen LogP contribution is 2.17. The fraction of sp³-hybridized carbons (Fsp3) is 0.300. The molecule has 0 unspecified atom stereocenters. The molecule has 0 saturated heterocycles. The van der Waals surface area contributed by atoms with Gasteiger partial charge in [-0.15, -0.1) is 0 Å². The van der Waals surface area contributed by atoms with Crippen molar-refractivity contribution >= 4 is 16.9 Å². The number of benzene rings is 2. The molecule has 4 nitrogen and oxygen atoms in total. The van der Waals surface area contributed by atoms with E-state index in [4.69, 9.17) is 4.98 Å². The number of para-hydroxylation sites is 2. The maximum Gasteiger partial charge on any atom is 0.251 e. The third kappa shape index (κ3) is 3.65. The van der Waals surface area contributed by atoms with Crippen molar-refractivity contribution in [3.8, 4) is 0 Å². The van der Waals surface area contributed by atoms with E-state index in [2.05, 4.69) is 22.9 Å². The average Bonchev–Trinajstić information content (AvgIpc) is 2.98. The number of imidazole rings is 1. The van der Waals surface area contributed by atoms with Crippen LogP contribution in [0.15, 0.2) is 54.6 Å². The van der Waals surface area contributed by atoms with Crippen LogP contribution in [-0.4, -0.2) is 22.0 Å². The summed E-state index contributed by atoms with van der Waals surface area (Å²) in [6.07, 6.45) is 3.01. The van der Waals surface area contributed by atoms with Crippen LogP contribution < -0.4 is 5.32 Å². The Bertz CT molecular complexity index is 808. The van der Waals surface area contributed by atoms with E-state index >= 15 is 0 Å². The van der Waals surface area contributed by atoms with Gasteiger partial charge in [-0.05, 0) is 30.7 Å². The molecule has 3 aromatic rings. The van der Waals surface area contributed by atoms with E-state index in [0.717, 1.165) is 37.1 Å². The van der Waals surface area contributed by atoms with E-state index in [1.165, 1.54) is 5.52 Å². The first-order valence-corrected chi connectivity index (χ1v) is 8.57. The van der Waals surface area contributed by atoms with Crippen molar-refractivity contribution in [3.05, 3.63) is 66.0 Å². The second-order valence-electron chi connectivity index (χ2n) is 5.89. The number of nitrogens with one attached hydrogen (secondary N) is 1. The first kappa shape index (κ1) is 16.2. The lowest BCUT2D eigenvalue weighted by atomic mass is 10.2. The number of hydrogen-bond donors (Lipinski definition) is 1. The predicted octanol–water partition coefficient (Wildman–Crippen LogP) is 3.81. The summed E-state index contributed by atoms with van der Waals surface area (Å²) in [7, 11) is 0. The van der Waals surface area contributed by atoms with E-state index in [0.29, 0.717) is 12.1 Å². The highest BCUT2D eigenvalue weighted by molar-refractivity contribution is 5.94. The smallest absolute Gasteiger partial charge is 0.251 e. The Kier molecular flexibility index (Phi) is 5.26. The Morgan fingerprint density at radius 2 is 1.83 bits per heavy atom. The van der Waals surface area contributed by atoms with E-state index in [1.54, 1.807) is 0 Å². The number of aryl methyl sites for hydroxylation is 1. The molecule has 0 aliphatic carbocycles. The zero-order chi connectivity index (χ0) is 16.8. The number of fused-ring (bicyclic) bond motifs is 1. The molecule has 3 rings (SSSR count). The van der Waals surface area contributed by atoms with Crippen LogP contribution in [0.25, 0.3) is 11.0 Å². The number of hydrogen-bond acceptors (Lipinski definition) is 2. The van der Waals surface area contributed by atoms with Gasteiger partial charge in [0.25, 0.3) is 5.91 Å². The van der Waals surface area contributed by atoms with Crippen LogP contribution in [0.1, 0.15) is 35.9 Å². The second kappa shape index (κ2) is 7.77. The molecule has 1 heterocycles. The Hall–Kier alpha value is -2.62. The lowest BCUT2D eigenvalue weighted by molar-refractivity contribution is 0.0954. The van der Waals surface area contributed by atoms with Gasteiger partial charge in [0, 0.05) is 25.1 Å². The Labute approximate surface area is 142 Å². The molecule has 0 spiro atoms. The summed E-state index contributed by atoms with van der Waals surface area (Å²) < 4.78 is 2.29. The van der Waals surface area contributed by atoms with Crippen molar-refractivity contribution in [1.82, 2.24) is 14.9 Å². The zero-order valence-electron chi connectivity index (χ0n) is 14.0. The lowest BCUT2D eigenvalue weighted by Crippen LogP contribution is -2.26. The van der Waals surface area contributed by atoms with E-state index < -0.39 is 0 Å². The topological polar surface area (TPSA) is 46.9 Å². The number of carbonyl (C=O) groups is 1. The first-order valence-electron chi connectivity index (χ1n) is 8.57. The standard InChI is InChI=1S/C20H23N3O/c1-2-3-15-23-18-12-8-7-11-17(18)22-19(23)13-14-21-20(24)16-9-5-4-6-10-16/h4-12H,2-3,13-15H2,1H3,(H,21,24). The van der Waals surface area contributed by atoms with E-state index in [1.807, 2.05) is 48.5 Å². The SMILES string of the molecule is CCCCn1c(CCNC(=O)c2ccccc2)nc2ccccc21. The second-order valence-corrected chi connectivity index (χ2v) is 5.89. The van der Waals surface area contributed by atoms with E-state index in [9.17, 15) is 4.79 Å². The van der Waals surface area contributed by atoms with Gasteiger partial charge in [0.15, 0.2) is 0 Å². The highest BCUT2D eigenvalue weighted by Gasteiger charge is 2.10. The summed E-state index contributed by atoms with van der Waals surface area (Å²) >= 11 is 0. The molecule has 1 N–H and O–H groups in total. The van der Waals surface area contributed by atoms with Gasteiger partial charge in [-0.25, -0.2) is 4.98 Å². The largest absolute Gasteiger partial charge is 0.352 e. The molecule has 0 radical (unpaired) electrons. The van der Waals surface area contributed by atoms with Gasteiger partial charge < -0.3 is 9.88 Å². The van der Waals surface area contributed by atoms with Crippen LogP contribution in [0, 0.1) is 0 Å². The molecule has 0 atom stereocenters. The van der Waals surface area contributed by atoms with Crippen LogP contribution in [0.3, 0.4) is 0 Å². The normalized spacial score (nSPS) is 10.9. The molecule has 124 valence electrons. The minimum atomic E-state index is -0.0354. The average molecular weight is 321 g/mol. The summed E-state index contributed by atoms with van der Waals surface area (Å²) in [5.41, 5.74) is 2.89. The number of unbranched alkanes of at least 4 members (excludes halogenated alkanes) is 1. The monoisotopic (exact) mass is 321 g/mol. The lowest BCUT2D eigenvalue weighted by Gasteiger charge is -2.09. The van der Waals surface area contributed by atoms with Gasteiger partial charge in [-0.3, -0.25) is 4.79 Å². The summed E-state index contributed by atoms with van der Waals surface area (Å²) in [6.45, 7) is 3.75. The van der Waals surface area contributed by atoms with Crippen molar-refractivity contribution in [2.45, 2.75) is 32.7 Å². The van der Waals surface area contributed by atoms with Gasteiger partial charge in [-0.1, -0.05) is 43.7 Å². The third-order valence-electron chi connectivity index (χ3n) is 4.14. The van der Waals surface area contributed by atoms with Crippen molar-refractivity contribution < 1.29 is 4.79 Å². The maximum absolute atomic E-state index is 12.1. The summed E-state index contributed by atoms with van der Waals surface area (Å²) in [5.74, 6) is 1.00. The van der Waals surface area contributed by atoms with Gasteiger partial charge in [-0.2, -0.15) is 0 Å². The Balaban J connectivity index is 1.69. The molecule has 24 heavy (non-hydrogen) atoms. The van der Waals surface area contributed by atoms with Gasteiger partial charge in [0.2, 0.25) is 0 Å². The third-order valence-corrected chi connectivity index (χ3v) is 4.14. The molecule has 1 amide bonds. The van der Waals surface area contributed by atoms with Crippen molar-refractivity contribution in [3.63, 3.8) is 0 Å². The van der Waals surface area contributed by atoms with Crippen molar-refractivity contribution in [1.29, 1.82) is 0 Å². The number of amides is 1. The molecule has 0 bridgehead atoms. The quantitative estimate of drug-likeness (QED) is 0.719. The number of rotatable bonds is 7. The van der Waals surface area contributed by atoms with Crippen LogP contribution in [-0.2, 0) is 13.0 Å². The summed E-state index contributed by atoms with van der Waals surface area (Å²) in [6, 6.07) is 17.5. The minimum absolute atomic E-state index is 0.0354. The molecular weight excluding hydrogens is 298 g/mol. The van der Waals surface area contributed by atoms with Gasteiger partial charge >= 0.3 is 0 Å². The van der Waals surface area contributed by atoms with Crippen molar-refractivity contribution in [2.75, 3.05) is 6.54 Å². The number of nitrogens with zero attached hydrogens (tertiary/aromatic N) is 2. The first-order chi connectivity index (χ1) is 11.8. The summed E-state index contributed by atoms with van der Waals surface area (Å²) in [5, 5.41) is 2.98. The molecule has 0 aliphatic rings.